The first-order valence-corrected chi connectivity index (χ1v) is 13.1. The van der Waals surface area contributed by atoms with E-state index in [0.717, 1.165) is 49.2 Å². The van der Waals surface area contributed by atoms with Crippen LogP contribution in [0.2, 0.25) is 0 Å². The number of hydrogen-bond donors (Lipinski definition) is 0. The molecule has 0 unspecified atom stereocenters. The Morgan fingerprint density at radius 2 is 1.53 bits per heavy atom. The van der Waals surface area contributed by atoms with E-state index in [1.807, 2.05) is 13.1 Å². The van der Waals surface area contributed by atoms with Gasteiger partial charge in [0.2, 0.25) is 9.84 Å². The first kappa shape index (κ1) is 26.2. The summed E-state index contributed by atoms with van der Waals surface area (Å²) in [6, 6.07) is 11.9. The molecular formula is C27H28F4N2O2S. The van der Waals surface area contributed by atoms with Crippen LogP contribution in [0.25, 0.3) is 0 Å². The summed E-state index contributed by atoms with van der Waals surface area (Å²) in [5.74, 6) is -0.744. The summed E-state index contributed by atoms with van der Waals surface area (Å²) < 4.78 is 80.6. The van der Waals surface area contributed by atoms with Gasteiger partial charge in [-0.25, -0.2) is 12.8 Å². The second kappa shape index (κ2) is 9.86. The van der Waals surface area contributed by atoms with Gasteiger partial charge in [0.1, 0.15) is 5.82 Å². The van der Waals surface area contributed by atoms with Crippen LogP contribution in [0.1, 0.15) is 27.8 Å². The lowest BCUT2D eigenvalue weighted by atomic mass is 10.0. The molecule has 0 fully saturated rings. The third-order valence-corrected chi connectivity index (χ3v) is 8.38. The van der Waals surface area contributed by atoms with Crippen LogP contribution in [0.15, 0.2) is 64.4 Å². The SMILES string of the molecule is CN1CCc2cc(N(C)C)c(S(=O)(=O)c3ccc(Cc4cc(C(F)(F)F)ccc4F)cc3)cc2CC1. The van der Waals surface area contributed by atoms with E-state index in [1.165, 1.54) is 24.3 Å². The van der Waals surface area contributed by atoms with E-state index in [4.69, 9.17) is 0 Å². The second-order valence-corrected chi connectivity index (χ2v) is 11.3. The minimum atomic E-state index is -4.58. The lowest BCUT2D eigenvalue weighted by Crippen LogP contribution is -2.20. The molecule has 0 saturated heterocycles. The molecule has 1 aliphatic heterocycles. The Labute approximate surface area is 209 Å². The Morgan fingerprint density at radius 1 is 0.917 bits per heavy atom. The zero-order valence-corrected chi connectivity index (χ0v) is 21.2. The Balaban J connectivity index is 1.66. The Bertz CT molecular complexity index is 1370. The van der Waals surface area contributed by atoms with Crippen molar-refractivity contribution in [2.24, 2.45) is 0 Å². The normalized spacial score (nSPS) is 14.9. The smallest absolute Gasteiger partial charge is 0.377 e. The van der Waals surface area contributed by atoms with E-state index in [1.54, 1.807) is 25.1 Å². The Morgan fingerprint density at radius 3 is 2.11 bits per heavy atom. The predicted molar refractivity (Wildman–Crippen MR) is 132 cm³/mol. The molecule has 0 spiro atoms. The zero-order chi connectivity index (χ0) is 26.3. The van der Waals surface area contributed by atoms with Crippen LogP contribution in [0.5, 0.6) is 0 Å². The molecule has 3 aromatic rings. The van der Waals surface area contributed by atoms with Crippen LogP contribution in [0.4, 0.5) is 23.2 Å². The molecule has 0 atom stereocenters. The molecule has 1 heterocycles. The summed E-state index contributed by atoms with van der Waals surface area (Å²) in [4.78, 5) is 4.29. The van der Waals surface area contributed by atoms with Crippen LogP contribution in [-0.4, -0.2) is 47.6 Å². The van der Waals surface area contributed by atoms with Crippen LogP contribution in [0.3, 0.4) is 0 Å². The first-order chi connectivity index (χ1) is 16.9. The maximum absolute atomic E-state index is 14.2. The molecule has 0 radical (unpaired) electrons. The average Bonchev–Trinajstić information content (AvgIpc) is 3.00. The highest BCUT2D eigenvalue weighted by Gasteiger charge is 2.31. The van der Waals surface area contributed by atoms with E-state index in [-0.39, 0.29) is 21.8 Å². The molecule has 0 amide bonds. The number of alkyl halides is 3. The van der Waals surface area contributed by atoms with Crippen molar-refractivity contribution < 1.29 is 26.0 Å². The minimum absolute atomic E-state index is 0.0737. The highest BCUT2D eigenvalue weighted by molar-refractivity contribution is 7.91. The third-order valence-electron chi connectivity index (χ3n) is 6.58. The highest BCUT2D eigenvalue weighted by Crippen LogP contribution is 2.34. The number of halogens is 4. The van der Waals surface area contributed by atoms with Crippen LogP contribution in [0, 0.1) is 5.82 Å². The average molecular weight is 521 g/mol. The fraction of sp³-hybridized carbons (Fsp3) is 0.333. The summed E-state index contributed by atoms with van der Waals surface area (Å²) in [7, 11) is 1.77. The standard InChI is InChI=1S/C27H28F4N2O2S/c1-32(2)25-16-19-10-12-33(3)13-11-20(19)17-26(25)36(34,35)23-7-4-18(5-8-23)14-21-15-22(27(29,30)31)6-9-24(21)28/h4-9,15-17H,10-14H2,1-3H3. The van der Waals surface area contributed by atoms with Crippen molar-refractivity contribution in [2.45, 2.75) is 35.2 Å². The van der Waals surface area contributed by atoms with Crippen molar-refractivity contribution in [3.63, 3.8) is 0 Å². The summed E-state index contributed by atoms with van der Waals surface area (Å²) in [6.07, 6.45) is -3.07. The van der Waals surface area contributed by atoms with E-state index >= 15 is 0 Å². The van der Waals surface area contributed by atoms with Crippen LogP contribution < -0.4 is 4.90 Å². The molecule has 4 nitrogen and oxygen atoms in total. The van der Waals surface area contributed by atoms with Gasteiger partial charge >= 0.3 is 6.18 Å². The minimum Gasteiger partial charge on any atom is -0.377 e. The largest absolute Gasteiger partial charge is 0.416 e. The molecule has 0 aliphatic carbocycles. The Hall–Kier alpha value is -2.91. The second-order valence-electron chi connectivity index (χ2n) is 9.41. The monoisotopic (exact) mass is 520 g/mol. The number of rotatable bonds is 5. The van der Waals surface area contributed by atoms with Gasteiger partial charge in [0.05, 0.1) is 21.0 Å². The van der Waals surface area contributed by atoms with Gasteiger partial charge in [0, 0.05) is 33.6 Å². The summed E-state index contributed by atoms with van der Waals surface area (Å²) in [5.41, 5.74) is 2.23. The van der Waals surface area contributed by atoms with E-state index in [9.17, 15) is 26.0 Å². The topological polar surface area (TPSA) is 40.6 Å². The fourth-order valence-corrected chi connectivity index (χ4v) is 6.00. The number of likely N-dealkylation sites (N-methyl/N-ethyl adjacent to an activating group) is 1. The van der Waals surface area contributed by atoms with Gasteiger partial charge in [-0.1, -0.05) is 12.1 Å². The van der Waals surface area contributed by atoms with Crippen LogP contribution in [-0.2, 0) is 35.3 Å². The first-order valence-electron chi connectivity index (χ1n) is 11.6. The number of hydrogen-bond acceptors (Lipinski definition) is 4. The predicted octanol–water partition coefficient (Wildman–Crippen LogP) is 5.36. The van der Waals surface area contributed by atoms with Gasteiger partial charge in [-0.05, 0) is 84.6 Å². The third kappa shape index (κ3) is 5.42. The van der Waals surface area contributed by atoms with Crippen molar-refractivity contribution >= 4 is 15.5 Å². The van der Waals surface area contributed by atoms with Crippen molar-refractivity contribution in [3.8, 4) is 0 Å². The molecule has 192 valence electrons. The zero-order valence-electron chi connectivity index (χ0n) is 20.4. The van der Waals surface area contributed by atoms with Crippen molar-refractivity contribution in [3.05, 3.63) is 88.2 Å². The van der Waals surface area contributed by atoms with Crippen LogP contribution >= 0.6 is 0 Å². The number of anilines is 1. The van der Waals surface area contributed by atoms with Gasteiger partial charge in [0.25, 0.3) is 0 Å². The number of nitrogens with zero attached hydrogens (tertiary/aromatic N) is 2. The lowest BCUT2D eigenvalue weighted by Gasteiger charge is -2.21. The summed E-state index contributed by atoms with van der Waals surface area (Å²) in [6.45, 7) is 1.74. The van der Waals surface area contributed by atoms with Gasteiger partial charge < -0.3 is 9.80 Å². The van der Waals surface area contributed by atoms with E-state index in [2.05, 4.69) is 4.90 Å². The number of sulfone groups is 1. The molecule has 0 aromatic heterocycles. The maximum Gasteiger partial charge on any atom is 0.416 e. The highest BCUT2D eigenvalue weighted by atomic mass is 32.2. The maximum atomic E-state index is 14.2. The van der Waals surface area contributed by atoms with Crippen molar-refractivity contribution in [2.75, 3.05) is 39.1 Å². The van der Waals surface area contributed by atoms with Gasteiger partial charge in [-0.15, -0.1) is 0 Å². The fourth-order valence-electron chi connectivity index (χ4n) is 4.44. The quantitative estimate of drug-likeness (QED) is 0.425. The van der Waals surface area contributed by atoms with Gasteiger partial charge in [-0.2, -0.15) is 13.2 Å². The molecular weight excluding hydrogens is 492 g/mol. The molecule has 3 aromatic carbocycles. The molecule has 0 N–H and O–H groups in total. The molecule has 0 saturated carbocycles. The molecule has 9 heteroatoms. The van der Waals surface area contributed by atoms with Gasteiger partial charge in [0.15, 0.2) is 0 Å². The number of fused-ring (bicyclic) bond motifs is 1. The van der Waals surface area contributed by atoms with E-state index in [0.29, 0.717) is 17.3 Å². The van der Waals surface area contributed by atoms with Gasteiger partial charge in [-0.3, -0.25) is 0 Å². The molecule has 0 bridgehead atoms. The van der Waals surface area contributed by atoms with Crippen molar-refractivity contribution in [1.82, 2.24) is 4.90 Å². The lowest BCUT2D eigenvalue weighted by molar-refractivity contribution is -0.137. The summed E-state index contributed by atoms with van der Waals surface area (Å²) >= 11 is 0. The molecule has 36 heavy (non-hydrogen) atoms. The summed E-state index contributed by atoms with van der Waals surface area (Å²) in [5, 5.41) is 0. The van der Waals surface area contributed by atoms with Crippen molar-refractivity contribution in [1.29, 1.82) is 0 Å². The molecule has 4 rings (SSSR count). The molecule has 1 aliphatic rings. The number of benzene rings is 3. The van der Waals surface area contributed by atoms with E-state index < -0.39 is 27.4 Å². The Kier molecular flexibility index (Phi) is 7.16.